The summed E-state index contributed by atoms with van der Waals surface area (Å²) in [6.07, 6.45) is 13.1. The van der Waals surface area contributed by atoms with Gasteiger partial charge < -0.3 is 4.90 Å². The van der Waals surface area contributed by atoms with E-state index in [1.807, 2.05) is 12.1 Å². The first-order valence-electron chi connectivity index (χ1n) is 14.6. The second kappa shape index (κ2) is 13.8. The van der Waals surface area contributed by atoms with E-state index in [0.29, 0.717) is 0 Å². The summed E-state index contributed by atoms with van der Waals surface area (Å²) in [4.78, 5) is 2.28. The smallest absolute Gasteiger partial charge is 0.0462 e. The first kappa shape index (κ1) is 27.5. The fourth-order valence-electron chi connectivity index (χ4n) is 5.02. The molecule has 0 N–H and O–H groups in total. The molecule has 0 bridgehead atoms. The molecule has 0 atom stereocenters. The maximum atomic E-state index is 2.28. The van der Waals surface area contributed by atoms with Crippen molar-refractivity contribution in [3.63, 3.8) is 0 Å². The Balaban J connectivity index is 1.26. The molecule has 0 unspecified atom stereocenters. The molecular formula is C42H33N. The van der Waals surface area contributed by atoms with Gasteiger partial charge in [0.2, 0.25) is 0 Å². The second-order valence-electron chi connectivity index (χ2n) is 10.3. The number of rotatable bonds is 9. The van der Waals surface area contributed by atoms with Gasteiger partial charge in [0.25, 0.3) is 0 Å². The van der Waals surface area contributed by atoms with Crippen molar-refractivity contribution >= 4 is 53.5 Å². The fraction of sp³-hybridized carbons (Fsp3) is 0. The standard InChI is InChI=1S/C42H33N/c1-5-13-34(14-6-1)23-28-38-29-25-37(33-39(38)30-24-35-15-7-2-8-16-35)22-21-36-26-31-42(32-27-36)43(40-17-9-3-10-18-40)41-19-11-4-12-20-41/h1-33H. The van der Waals surface area contributed by atoms with Gasteiger partial charge >= 0.3 is 0 Å². The van der Waals surface area contributed by atoms with E-state index in [1.165, 1.54) is 22.3 Å². The Labute approximate surface area is 255 Å². The van der Waals surface area contributed by atoms with Crippen LogP contribution < -0.4 is 4.90 Å². The molecule has 0 aliphatic heterocycles. The van der Waals surface area contributed by atoms with Crippen molar-refractivity contribution in [3.8, 4) is 0 Å². The Bertz CT molecular complexity index is 1780. The zero-order chi connectivity index (χ0) is 29.1. The van der Waals surface area contributed by atoms with Crippen molar-refractivity contribution in [2.45, 2.75) is 0 Å². The van der Waals surface area contributed by atoms with Crippen molar-refractivity contribution in [2.75, 3.05) is 4.90 Å². The van der Waals surface area contributed by atoms with Crippen LogP contribution in [0.25, 0.3) is 36.5 Å². The molecule has 6 rings (SSSR count). The molecule has 1 heteroatoms. The molecular weight excluding hydrogens is 518 g/mol. The average molecular weight is 552 g/mol. The quantitative estimate of drug-likeness (QED) is 0.162. The molecule has 0 aliphatic carbocycles. The molecule has 6 aromatic rings. The summed E-state index contributed by atoms with van der Waals surface area (Å²) in [5.74, 6) is 0. The van der Waals surface area contributed by atoms with Crippen LogP contribution >= 0.6 is 0 Å². The lowest BCUT2D eigenvalue weighted by atomic mass is 10.0. The van der Waals surface area contributed by atoms with Gasteiger partial charge in [-0.1, -0.05) is 158 Å². The zero-order valence-corrected chi connectivity index (χ0v) is 24.0. The van der Waals surface area contributed by atoms with Crippen LogP contribution in [0.15, 0.2) is 164 Å². The summed E-state index contributed by atoms with van der Waals surface area (Å²) in [5, 5.41) is 0. The van der Waals surface area contributed by atoms with Gasteiger partial charge in [0, 0.05) is 17.1 Å². The van der Waals surface area contributed by atoms with E-state index in [4.69, 9.17) is 0 Å². The topological polar surface area (TPSA) is 3.24 Å². The van der Waals surface area contributed by atoms with E-state index in [-0.39, 0.29) is 0 Å². The van der Waals surface area contributed by atoms with E-state index in [1.54, 1.807) is 0 Å². The largest absolute Gasteiger partial charge is 0.311 e. The summed E-state index contributed by atoms with van der Waals surface area (Å²) in [6.45, 7) is 0. The van der Waals surface area contributed by atoms with Crippen molar-refractivity contribution < 1.29 is 0 Å². The van der Waals surface area contributed by atoms with Crippen LogP contribution in [-0.2, 0) is 0 Å². The Morgan fingerprint density at radius 1 is 0.279 bits per heavy atom. The van der Waals surface area contributed by atoms with E-state index in [2.05, 4.69) is 193 Å². The highest BCUT2D eigenvalue weighted by Crippen LogP contribution is 2.34. The third-order valence-electron chi connectivity index (χ3n) is 7.27. The van der Waals surface area contributed by atoms with Crippen molar-refractivity contribution in [3.05, 3.63) is 197 Å². The first-order valence-corrected chi connectivity index (χ1v) is 14.6. The molecule has 43 heavy (non-hydrogen) atoms. The van der Waals surface area contributed by atoms with Gasteiger partial charge in [-0.3, -0.25) is 0 Å². The number of anilines is 3. The summed E-state index contributed by atoms with van der Waals surface area (Å²) < 4.78 is 0. The van der Waals surface area contributed by atoms with Crippen molar-refractivity contribution in [1.29, 1.82) is 0 Å². The SMILES string of the molecule is C(=Cc1ccc(C=Cc2ccc(N(c3ccccc3)c3ccccc3)cc2)cc1C=Cc1ccccc1)c1ccccc1. The molecule has 0 saturated heterocycles. The van der Waals surface area contributed by atoms with Crippen LogP contribution in [0, 0.1) is 0 Å². The summed E-state index contributed by atoms with van der Waals surface area (Å²) in [7, 11) is 0. The normalized spacial score (nSPS) is 11.4. The minimum atomic E-state index is 1.12. The number of benzene rings is 6. The molecule has 0 amide bonds. The maximum Gasteiger partial charge on any atom is 0.0462 e. The molecule has 206 valence electrons. The second-order valence-corrected chi connectivity index (χ2v) is 10.3. The molecule has 0 aliphatic rings. The lowest BCUT2D eigenvalue weighted by molar-refractivity contribution is 1.28. The maximum absolute atomic E-state index is 2.28. The van der Waals surface area contributed by atoms with Gasteiger partial charge in [0.1, 0.15) is 0 Å². The predicted molar refractivity (Wildman–Crippen MR) is 187 cm³/mol. The summed E-state index contributed by atoms with van der Waals surface area (Å²) >= 11 is 0. The van der Waals surface area contributed by atoms with Gasteiger partial charge in [0.05, 0.1) is 0 Å². The fourth-order valence-corrected chi connectivity index (χ4v) is 5.02. The minimum Gasteiger partial charge on any atom is -0.311 e. The molecule has 0 aromatic heterocycles. The molecule has 0 radical (unpaired) electrons. The third kappa shape index (κ3) is 7.35. The van der Waals surface area contributed by atoms with Crippen LogP contribution in [-0.4, -0.2) is 0 Å². The molecule has 0 fully saturated rings. The lowest BCUT2D eigenvalue weighted by Crippen LogP contribution is -2.09. The monoisotopic (exact) mass is 551 g/mol. The number of para-hydroxylation sites is 2. The molecule has 0 spiro atoms. The van der Waals surface area contributed by atoms with Crippen LogP contribution in [0.4, 0.5) is 17.1 Å². The van der Waals surface area contributed by atoms with Crippen molar-refractivity contribution in [2.24, 2.45) is 0 Å². The predicted octanol–water partition coefficient (Wildman–Crippen LogP) is 11.7. The van der Waals surface area contributed by atoms with E-state index in [0.717, 1.165) is 28.2 Å². The minimum absolute atomic E-state index is 1.12. The number of hydrogen-bond acceptors (Lipinski definition) is 1. The van der Waals surface area contributed by atoms with Crippen molar-refractivity contribution in [1.82, 2.24) is 0 Å². The van der Waals surface area contributed by atoms with Crippen LogP contribution in [0.1, 0.15) is 33.4 Å². The Hall–Kier alpha value is -5.66. The van der Waals surface area contributed by atoms with Gasteiger partial charge in [0.15, 0.2) is 0 Å². The number of hydrogen-bond donors (Lipinski definition) is 0. The molecule has 0 saturated carbocycles. The summed E-state index contributed by atoms with van der Waals surface area (Å²) in [6, 6.07) is 57.2. The lowest BCUT2D eigenvalue weighted by Gasteiger charge is -2.25. The van der Waals surface area contributed by atoms with E-state index < -0.39 is 0 Å². The zero-order valence-electron chi connectivity index (χ0n) is 24.0. The Morgan fingerprint density at radius 3 is 1.19 bits per heavy atom. The third-order valence-corrected chi connectivity index (χ3v) is 7.27. The highest BCUT2D eigenvalue weighted by Gasteiger charge is 2.11. The van der Waals surface area contributed by atoms with Crippen LogP contribution in [0.5, 0.6) is 0 Å². The van der Waals surface area contributed by atoms with Gasteiger partial charge in [-0.05, 0) is 75.8 Å². The van der Waals surface area contributed by atoms with E-state index in [9.17, 15) is 0 Å². The van der Waals surface area contributed by atoms with Gasteiger partial charge in [-0.15, -0.1) is 0 Å². The van der Waals surface area contributed by atoms with Crippen LogP contribution in [0.3, 0.4) is 0 Å². The Kier molecular flexibility index (Phi) is 8.83. The molecule has 0 heterocycles. The van der Waals surface area contributed by atoms with Gasteiger partial charge in [-0.25, -0.2) is 0 Å². The molecule has 6 aromatic carbocycles. The highest BCUT2D eigenvalue weighted by molar-refractivity contribution is 5.82. The van der Waals surface area contributed by atoms with Gasteiger partial charge in [-0.2, -0.15) is 0 Å². The van der Waals surface area contributed by atoms with E-state index >= 15 is 0 Å². The first-order chi connectivity index (χ1) is 21.3. The average Bonchev–Trinajstić information content (AvgIpc) is 3.08. The highest BCUT2D eigenvalue weighted by atomic mass is 15.1. The number of nitrogens with zero attached hydrogens (tertiary/aromatic N) is 1. The molecule has 1 nitrogen and oxygen atoms in total. The summed E-state index contributed by atoms with van der Waals surface area (Å²) in [5.41, 5.74) is 10.4. The van der Waals surface area contributed by atoms with Crippen LogP contribution in [0.2, 0.25) is 0 Å². The Morgan fingerprint density at radius 2 is 0.651 bits per heavy atom.